The van der Waals surface area contributed by atoms with Gasteiger partial charge in [-0.15, -0.1) is 0 Å². The molecular weight excluding hydrogens is 207 g/mol. The smallest absolute Gasteiger partial charge is 0.123 e. The van der Waals surface area contributed by atoms with Gasteiger partial charge in [-0.2, -0.15) is 0 Å². The minimum atomic E-state index is -1.01. The SMILES string of the molecule is CC(C)OCCCCCCCCC(F)CO. The molecule has 0 bridgehead atoms. The summed E-state index contributed by atoms with van der Waals surface area (Å²) in [5.41, 5.74) is 0. The second-order valence-electron chi connectivity index (χ2n) is 4.61. The first-order valence-electron chi connectivity index (χ1n) is 6.53. The number of unbranched alkanes of at least 4 members (excludes halogenated alkanes) is 5. The highest BCUT2D eigenvalue weighted by atomic mass is 19.1. The summed E-state index contributed by atoms with van der Waals surface area (Å²) in [4.78, 5) is 0. The van der Waals surface area contributed by atoms with Crippen molar-refractivity contribution in [2.24, 2.45) is 0 Å². The summed E-state index contributed by atoms with van der Waals surface area (Å²) in [7, 11) is 0. The maximum Gasteiger partial charge on any atom is 0.123 e. The lowest BCUT2D eigenvalue weighted by Crippen LogP contribution is -2.05. The van der Waals surface area contributed by atoms with E-state index in [-0.39, 0.29) is 6.61 Å². The zero-order valence-corrected chi connectivity index (χ0v) is 10.8. The first-order chi connectivity index (χ1) is 7.66. The van der Waals surface area contributed by atoms with E-state index in [1.54, 1.807) is 0 Å². The van der Waals surface area contributed by atoms with Gasteiger partial charge in [-0.25, -0.2) is 4.39 Å². The number of aliphatic hydroxyl groups excluding tert-OH is 1. The van der Waals surface area contributed by atoms with E-state index in [0.29, 0.717) is 12.5 Å². The van der Waals surface area contributed by atoms with Crippen molar-refractivity contribution in [2.45, 2.75) is 71.1 Å². The van der Waals surface area contributed by atoms with Crippen LogP contribution in [0, 0.1) is 0 Å². The fourth-order valence-electron chi connectivity index (χ4n) is 1.59. The van der Waals surface area contributed by atoms with Gasteiger partial charge in [0.2, 0.25) is 0 Å². The predicted molar refractivity (Wildman–Crippen MR) is 65.4 cm³/mol. The molecule has 0 aromatic carbocycles. The number of rotatable bonds is 11. The summed E-state index contributed by atoms with van der Waals surface area (Å²) in [5.74, 6) is 0. The van der Waals surface area contributed by atoms with Crippen molar-refractivity contribution in [1.29, 1.82) is 0 Å². The third-order valence-corrected chi connectivity index (χ3v) is 2.56. The fourth-order valence-corrected chi connectivity index (χ4v) is 1.59. The van der Waals surface area contributed by atoms with E-state index < -0.39 is 6.17 Å². The molecule has 1 N–H and O–H groups in total. The number of ether oxygens (including phenoxy) is 1. The van der Waals surface area contributed by atoms with E-state index in [4.69, 9.17) is 9.84 Å². The van der Waals surface area contributed by atoms with Crippen LogP contribution in [-0.2, 0) is 4.74 Å². The lowest BCUT2D eigenvalue weighted by atomic mass is 10.1. The summed E-state index contributed by atoms with van der Waals surface area (Å²) in [6.45, 7) is 4.63. The number of hydrogen-bond donors (Lipinski definition) is 1. The van der Waals surface area contributed by atoms with Gasteiger partial charge < -0.3 is 9.84 Å². The van der Waals surface area contributed by atoms with Crippen molar-refractivity contribution in [3.8, 4) is 0 Å². The van der Waals surface area contributed by atoms with Gasteiger partial charge in [-0.3, -0.25) is 0 Å². The van der Waals surface area contributed by atoms with Gasteiger partial charge in [0.15, 0.2) is 0 Å². The average molecular weight is 234 g/mol. The summed E-state index contributed by atoms with van der Waals surface area (Å²) in [6, 6.07) is 0. The Kier molecular flexibility index (Phi) is 11.2. The number of hydrogen-bond acceptors (Lipinski definition) is 2. The topological polar surface area (TPSA) is 29.5 Å². The van der Waals surface area contributed by atoms with Gasteiger partial charge in [-0.1, -0.05) is 32.1 Å². The molecule has 2 nitrogen and oxygen atoms in total. The Hall–Kier alpha value is -0.150. The molecule has 0 aromatic rings. The fraction of sp³-hybridized carbons (Fsp3) is 1.00. The predicted octanol–water partition coefficient (Wildman–Crippen LogP) is 3.47. The molecule has 3 heteroatoms. The molecule has 98 valence electrons. The molecule has 1 unspecified atom stereocenters. The molecule has 0 saturated carbocycles. The van der Waals surface area contributed by atoms with E-state index in [9.17, 15) is 4.39 Å². The summed E-state index contributed by atoms with van der Waals surface area (Å²) < 4.78 is 18.1. The molecule has 0 aromatic heterocycles. The molecule has 0 spiro atoms. The van der Waals surface area contributed by atoms with Crippen molar-refractivity contribution >= 4 is 0 Å². The van der Waals surface area contributed by atoms with Crippen molar-refractivity contribution < 1.29 is 14.2 Å². The molecule has 0 saturated heterocycles. The normalized spacial score (nSPS) is 13.3. The van der Waals surface area contributed by atoms with E-state index in [1.807, 2.05) is 0 Å². The van der Waals surface area contributed by atoms with E-state index >= 15 is 0 Å². The molecule has 0 heterocycles. The Labute approximate surface area is 99.2 Å². The molecule has 0 rings (SSSR count). The Bertz CT molecular complexity index is 140. The van der Waals surface area contributed by atoms with Crippen LogP contribution in [0.2, 0.25) is 0 Å². The van der Waals surface area contributed by atoms with Crippen molar-refractivity contribution in [2.75, 3.05) is 13.2 Å². The first-order valence-corrected chi connectivity index (χ1v) is 6.53. The standard InChI is InChI=1S/C13H27FO2/c1-12(2)16-10-8-6-4-3-5-7-9-13(14)11-15/h12-13,15H,3-11H2,1-2H3. The van der Waals surface area contributed by atoms with Crippen LogP contribution in [0.15, 0.2) is 0 Å². The third kappa shape index (κ3) is 11.9. The molecule has 0 aliphatic rings. The molecule has 16 heavy (non-hydrogen) atoms. The van der Waals surface area contributed by atoms with Gasteiger partial charge in [0.25, 0.3) is 0 Å². The molecule has 1 atom stereocenters. The Morgan fingerprint density at radius 1 is 1.00 bits per heavy atom. The molecule has 0 radical (unpaired) electrons. The second-order valence-corrected chi connectivity index (χ2v) is 4.61. The van der Waals surface area contributed by atoms with Gasteiger partial charge >= 0.3 is 0 Å². The summed E-state index contributed by atoms with van der Waals surface area (Å²) in [5, 5.41) is 8.49. The van der Waals surface area contributed by atoms with Crippen LogP contribution in [0.25, 0.3) is 0 Å². The van der Waals surface area contributed by atoms with E-state index in [1.165, 1.54) is 19.3 Å². The van der Waals surface area contributed by atoms with E-state index in [0.717, 1.165) is 25.9 Å². The largest absolute Gasteiger partial charge is 0.393 e. The highest BCUT2D eigenvalue weighted by Gasteiger charge is 2.02. The Balaban J connectivity index is 2.99. The number of alkyl halides is 1. The van der Waals surface area contributed by atoms with Gasteiger partial charge in [0, 0.05) is 6.61 Å². The van der Waals surface area contributed by atoms with Crippen LogP contribution >= 0.6 is 0 Å². The number of aliphatic hydroxyl groups is 1. The average Bonchev–Trinajstić information content (AvgIpc) is 2.26. The molecular formula is C13H27FO2. The molecule has 0 fully saturated rings. The maximum absolute atomic E-state index is 12.6. The highest BCUT2D eigenvalue weighted by molar-refractivity contribution is 4.54. The van der Waals surface area contributed by atoms with Gasteiger partial charge in [-0.05, 0) is 26.7 Å². The van der Waals surface area contributed by atoms with Crippen LogP contribution in [0.5, 0.6) is 0 Å². The van der Waals surface area contributed by atoms with Crippen LogP contribution in [-0.4, -0.2) is 30.6 Å². The highest BCUT2D eigenvalue weighted by Crippen LogP contribution is 2.10. The molecule has 0 aliphatic carbocycles. The van der Waals surface area contributed by atoms with Crippen LogP contribution in [0.3, 0.4) is 0 Å². The quantitative estimate of drug-likeness (QED) is 0.555. The van der Waals surface area contributed by atoms with Crippen molar-refractivity contribution in [1.82, 2.24) is 0 Å². The Morgan fingerprint density at radius 3 is 2.12 bits per heavy atom. The summed E-state index contributed by atoms with van der Waals surface area (Å²) >= 11 is 0. The summed E-state index contributed by atoms with van der Waals surface area (Å²) in [6.07, 6.45) is 6.49. The minimum Gasteiger partial charge on any atom is -0.393 e. The Morgan fingerprint density at radius 2 is 1.56 bits per heavy atom. The van der Waals surface area contributed by atoms with Crippen LogP contribution < -0.4 is 0 Å². The molecule has 0 amide bonds. The lowest BCUT2D eigenvalue weighted by molar-refractivity contribution is 0.0756. The second kappa shape index (κ2) is 11.3. The van der Waals surface area contributed by atoms with Crippen LogP contribution in [0.4, 0.5) is 4.39 Å². The van der Waals surface area contributed by atoms with E-state index in [2.05, 4.69) is 13.8 Å². The number of halogens is 1. The zero-order chi connectivity index (χ0) is 12.2. The first kappa shape index (κ1) is 15.9. The van der Waals surface area contributed by atoms with Crippen LogP contribution in [0.1, 0.15) is 58.8 Å². The third-order valence-electron chi connectivity index (χ3n) is 2.56. The maximum atomic E-state index is 12.6. The monoisotopic (exact) mass is 234 g/mol. The lowest BCUT2D eigenvalue weighted by Gasteiger charge is -2.07. The zero-order valence-electron chi connectivity index (χ0n) is 10.8. The van der Waals surface area contributed by atoms with Crippen molar-refractivity contribution in [3.63, 3.8) is 0 Å². The van der Waals surface area contributed by atoms with Crippen molar-refractivity contribution in [3.05, 3.63) is 0 Å². The van der Waals surface area contributed by atoms with Gasteiger partial charge in [0.1, 0.15) is 6.17 Å². The van der Waals surface area contributed by atoms with Gasteiger partial charge in [0.05, 0.1) is 12.7 Å². The minimum absolute atomic E-state index is 0.327. The molecule has 0 aliphatic heterocycles.